The summed E-state index contributed by atoms with van der Waals surface area (Å²) < 4.78 is 15.7. The van der Waals surface area contributed by atoms with Crippen molar-refractivity contribution in [3.8, 4) is 11.4 Å². The lowest BCUT2D eigenvalue weighted by molar-refractivity contribution is -0.120. The maximum atomic E-state index is 13.7. The molecule has 5 nitrogen and oxygen atoms in total. The normalized spacial score (nSPS) is 12.0. The van der Waals surface area contributed by atoms with Gasteiger partial charge in [-0.05, 0) is 32.9 Å². The van der Waals surface area contributed by atoms with Crippen LogP contribution in [0.3, 0.4) is 0 Å². The van der Waals surface area contributed by atoms with Gasteiger partial charge in [0.2, 0.25) is 5.91 Å². The van der Waals surface area contributed by atoms with Crippen LogP contribution in [-0.4, -0.2) is 25.9 Å². The molecule has 1 amide bonds. The number of nitrogens with one attached hydrogen (secondary N) is 1. The van der Waals surface area contributed by atoms with E-state index in [1.165, 1.54) is 17.8 Å². The van der Waals surface area contributed by atoms with Gasteiger partial charge in [0.15, 0.2) is 11.0 Å². The van der Waals surface area contributed by atoms with Gasteiger partial charge < -0.3 is 9.88 Å². The number of hydrogen-bond acceptors (Lipinski definition) is 4. The number of benzene rings is 2. The molecule has 1 unspecified atom stereocenters. The van der Waals surface area contributed by atoms with Crippen LogP contribution in [0.1, 0.15) is 25.0 Å². The number of halogens is 1. The van der Waals surface area contributed by atoms with E-state index in [-0.39, 0.29) is 23.5 Å². The second kappa shape index (κ2) is 9.01. The van der Waals surface area contributed by atoms with Crippen molar-refractivity contribution in [2.75, 3.05) is 0 Å². The zero-order valence-corrected chi connectivity index (χ0v) is 17.0. The van der Waals surface area contributed by atoms with Gasteiger partial charge in [0, 0.05) is 24.2 Å². The van der Waals surface area contributed by atoms with Crippen molar-refractivity contribution in [1.29, 1.82) is 0 Å². The summed E-state index contributed by atoms with van der Waals surface area (Å²) in [6, 6.07) is 14.5. The highest BCUT2D eigenvalue weighted by Crippen LogP contribution is 2.27. The van der Waals surface area contributed by atoms with Crippen LogP contribution >= 0.6 is 11.8 Å². The monoisotopic (exact) mass is 398 g/mol. The fourth-order valence-corrected chi connectivity index (χ4v) is 3.78. The maximum Gasteiger partial charge on any atom is 0.233 e. The van der Waals surface area contributed by atoms with Gasteiger partial charge in [-0.25, -0.2) is 4.39 Å². The quantitative estimate of drug-likeness (QED) is 0.606. The Kier molecular flexibility index (Phi) is 6.46. The Morgan fingerprint density at radius 2 is 2.00 bits per heavy atom. The van der Waals surface area contributed by atoms with E-state index in [1.54, 1.807) is 18.2 Å². The molecule has 28 heavy (non-hydrogen) atoms. The molecule has 0 saturated carbocycles. The fourth-order valence-electron chi connectivity index (χ4n) is 2.84. The largest absolute Gasteiger partial charge is 0.351 e. The first-order valence-electron chi connectivity index (χ1n) is 9.17. The van der Waals surface area contributed by atoms with Crippen molar-refractivity contribution in [3.05, 3.63) is 65.5 Å². The molecule has 3 rings (SSSR count). The first-order valence-corrected chi connectivity index (χ1v) is 10.1. The minimum absolute atomic E-state index is 0.158. The molecular weight excluding hydrogens is 375 g/mol. The van der Waals surface area contributed by atoms with Gasteiger partial charge in [-0.15, -0.1) is 10.2 Å². The summed E-state index contributed by atoms with van der Waals surface area (Å²) in [5.74, 6) is 0.292. The molecule has 0 spiro atoms. The third-order valence-electron chi connectivity index (χ3n) is 4.37. The summed E-state index contributed by atoms with van der Waals surface area (Å²) in [4.78, 5) is 12.4. The fraction of sp³-hybridized carbons (Fsp3) is 0.286. The van der Waals surface area contributed by atoms with Crippen LogP contribution in [-0.2, 0) is 17.9 Å². The average molecular weight is 399 g/mol. The van der Waals surface area contributed by atoms with E-state index < -0.39 is 0 Å². The molecule has 2 aromatic carbocycles. The van der Waals surface area contributed by atoms with Crippen molar-refractivity contribution in [1.82, 2.24) is 20.1 Å². The smallest absolute Gasteiger partial charge is 0.233 e. The molecule has 0 aliphatic carbocycles. The first-order chi connectivity index (χ1) is 13.5. The molecule has 0 aliphatic heterocycles. The van der Waals surface area contributed by atoms with Gasteiger partial charge in [0.05, 0.1) is 5.25 Å². The van der Waals surface area contributed by atoms with E-state index in [9.17, 15) is 9.18 Å². The number of hydrogen-bond donors (Lipinski definition) is 1. The van der Waals surface area contributed by atoms with Crippen LogP contribution in [0, 0.1) is 12.7 Å². The summed E-state index contributed by atoms with van der Waals surface area (Å²) in [7, 11) is 0. The van der Waals surface area contributed by atoms with Crippen LogP contribution in [0.15, 0.2) is 53.7 Å². The molecule has 3 aromatic rings. The topological polar surface area (TPSA) is 59.8 Å². The third-order valence-corrected chi connectivity index (χ3v) is 5.45. The highest BCUT2D eigenvalue weighted by molar-refractivity contribution is 8.00. The summed E-state index contributed by atoms with van der Waals surface area (Å²) in [5.41, 5.74) is 2.61. The van der Waals surface area contributed by atoms with Crippen molar-refractivity contribution < 1.29 is 9.18 Å². The zero-order chi connectivity index (χ0) is 20.1. The molecule has 0 aliphatic rings. The van der Waals surface area contributed by atoms with Crippen molar-refractivity contribution in [2.24, 2.45) is 0 Å². The Labute approximate surface area is 168 Å². The van der Waals surface area contributed by atoms with Crippen molar-refractivity contribution in [3.63, 3.8) is 0 Å². The molecule has 1 N–H and O–H groups in total. The minimum atomic E-state index is -0.383. The Morgan fingerprint density at radius 1 is 1.21 bits per heavy atom. The molecule has 7 heteroatoms. The summed E-state index contributed by atoms with van der Waals surface area (Å²) in [6.07, 6.45) is 0. The third kappa shape index (κ3) is 4.59. The number of thioether (sulfide) groups is 1. The molecule has 0 saturated heterocycles. The molecule has 1 aromatic heterocycles. The molecule has 1 heterocycles. The lowest BCUT2D eigenvalue weighted by Gasteiger charge is -2.13. The van der Waals surface area contributed by atoms with E-state index in [0.29, 0.717) is 17.3 Å². The van der Waals surface area contributed by atoms with E-state index >= 15 is 0 Å². The summed E-state index contributed by atoms with van der Waals surface area (Å²) >= 11 is 1.35. The van der Waals surface area contributed by atoms with Crippen molar-refractivity contribution >= 4 is 17.7 Å². The first kappa shape index (κ1) is 20.1. The van der Waals surface area contributed by atoms with Gasteiger partial charge in [-0.2, -0.15) is 0 Å². The van der Waals surface area contributed by atoms with E-state index in [2.05, 4.69) is 21.6 Å². The maximum absolute atomic E-state index is 13.7. The Bertz CT molecular complexity index is 973. The number of amides is 1. The Hall–Kier alpha value is -2.67. The second-order valence-electron chi connectivity index (χ2n) is 6.49. The highest BCUT2D eigenvalue weighted by atomic mass is 32.2. The molecular formula is C21H23FN4OS. The van der Waals surface area contributed by atoms with Crippen LogP contribution < -0.4 is 5.32 Å². The lowest BCUT2D eigenvalue weighted by Crippen LogP contribution is -2.31. The zero-order valence-electron chi connectivity index (χ0n) is 16.1. The number of nitrogens with zero attached hydrogens (tertiary/aromatic N) is 3. The molecule has 0 fully saturated rings. The summed E-state index contributed by atoms with van der Waals surface area (Å²) in [5, 5.41) is 11.7. The van der Waals surface area contributed by atoms with Crippen LogP contribution in [0.5, 0.6) is 0 Å². The van der Waals surface area contributed by atoms with Gasteiger partial charge in [0.1, 0.15) is 5.82 Å². The van der Waals surface area contributed by atoms with E-state index in [0.717, 1.165) is 17.0 Å². The number of carbonyl (C=O) groups excluding carboxylic acids is 1. The Balaban J connectivity index is 1.69. The van der Waals surface area contributed by atoms with E-state index in [1.807, 2.05) is 43.5 Å². The van der Waals surface area contributed by atoms with Crippen LogP contribution in [0.25, 0.3) is 11.4 Å². The van der Waals surface area contributed by atoms with Gasteiger partial charge in [-0.1, -0.05) is 53.7 Å². The standard InChI is InChI=1S/C21H23FN4OS/c1-4-26-19(16-10-7-8-14(2)12-16)24-25-21(26)28-15(3)20(27)23-13-17-9-5-6-11-18(17)22/h5-12,15H,4,13H2,1-3H3,(H,23,27). The molecule has 146 valence electrons. The van der Waals surface area contributed by atoms with Gasteiger partial charge in [0.25, 0.3) is 0 Å². The SMILES string of the molecule is CCn1c(SC(C)C(=O)NCc2ccccc2F)nnc1-c1cccc(C)c1. The van der Waals surface area contributed by atoms with Gasteiger partial charge >= 0.3 is 0 Å². The lowest BCUT2D eigenvalue weighted by atomic mass is 10.1. The number of rotatable bonds is 7. The second-order valence-corrected chi connectivity index (χ2v) is 7.80. The predicted molar refractivity (Wildman–Crippen MR) is 109 cm³/mol. The number of carbonyl (C=O) groups is 1. The van der Waals surface area contributed by atoms with Crippen LogP contribution in [0.4, 0.5) is 4.39 Å². The number of aryl methyl sites for hydroxylation is 1. The number of aromatic nitrogens is 3. The molecule has 0 radical (unpaired) electrons. The van der Waals surface area contributed by atoms with Gasteiger partial charge in [-0.3, -0.25) is 4.79 Å². The predicted octanol–water partition coefficient (Wildman–Crippen LogP) is 4.21. The summed E-state index contributed by atoms with van der Waals surface area (Å²) in [6.45, 7) is 6.72. The minimum Gasteiger partial charge on any atom is -0.351 e. The highest BCUT2D eigenvalue weighted by Gasteiger charge is 2.20. The van der Waals surface area contributed by atoms with Crippen molar-refractivity contribution in [2.45, 2.75) is 44.3 Å². The average Bonchev–Trinajstić information content (AvgIpc) is 3.09. The molecule has 1 atom stereocenters. The van der Waals surface area contributed by atoms with Crippen LogP contribution in [0.2, 0.25) is 0 Å². The van der Waals surface area contributed by atoms with E-state index in [4.69, 9.17) is 0 Å². The Morgan fingerprint density at radius 3 is 2.71 bits per heavy atom. The molecule has 0 bridgehead atoms.